The summed E-state index contributed by atoms with van der Waals surface area (Å²) in [6.45, 7) is 14.5. The molecule has 0 aromatic heterocycles. The third-order valence-corrected chi connectivity index (χ3v) is 1.82. The Morgan fingerprint density at radius 3 is 1.50 bits per heavy atom. The molecule has 0 aromatic carbocycles. The van der Waals surface area contributed by atoms with Crippen LogP contribution in [0.5, 0.6) is 0 Å². The molecule has 0 saturated heterocycles. The van der Waals surface area contributed by atoms with Crippen molar-refractivity contribution in [1.82, 2.24) is 0 Å². The molecule has 2 nitrogen and oxygen atoms in total. The topological polar surface area (TPSA) is 24.7 Å². The van der Waals surface area contributed by atoms with Crippen LogP contribution < -0.4 is 0 Å². The summed E-state index contributed by atoms with van der Waals surface area (Å²) in [5, 5.41) is 8.57. The van der Waals surface area contributed by atoms with E-state index >= 15 is 0 Å². The fourth-order valence-electron chi connectivity index (χ4n) is 0.375. The number of nitrogens with zero attached hydrogens (tertiary/aromatic N) is 2. The van der Waals surface area contributed by atoms with Crippen molar-refractivity contribution in [2.24, 2.45) is 10.2 Å². The van der Waals surface area contributed by atoms with E-state index in [1.807, 2.05) is 0 Å². The minimum absolute atomic E-state index is 0.0628. The van der Waals surface area contributed by atoms with E-state index in [1.54, 1.807) is 0 Å². The Bertz CT molecular complexity index is 161. The molecular weight excluding hydrogens is 148 g/mol. The van der Waals surface area contributed by atoms with Gasteiger partial charge in [-0.25, -0.2) is 0 Å². The van der Waals surface area contributed by atoms with Gasteiger partial charge < -0.3 is 0 Å². The fourth-order valence-corrected chi connectivity index (χ4v) is 0.375. The third kappa shape index (κ3) is 4.47. The van der Waals surface area contributed by atoms with E-state index in [4.69, 9.17) is 0 Å². The minimum atomic E-state index is -0.118. The summed E-state index contributed by atoms with van der Waals surface area (Å²) < 4.78 is 0. The molecule has 1 radical (unpaired) electrons. The largest absolute Gasteiger partial charge is 0.188 e. The fraction of sp³-hybridized carbons (Fsp3) is 0.900. The molecule has 0 aromatic rings. The van der Waals surface area contributed by atoms with E-state index < -0.39 is 0 Å². The maximum Gasteiger partial charge on any atom is 0.0816 e. The van der Waals surface area contributed by atoms with Crippen LogP contribution in [-0.2, 0) is 0 Å². The Hall–Kier alpha value is -0.400. The van der Waals surface area contributed by atoms with Gasteiger partial charge in [0.05, 0.1) is 11.1 Å². The molecule has 0 rings (SSSR count). The first-order valence-corrected chi connectivity index (χ1v) is 4.40. The van der Waals surface area contributed by atoms with Gasteiger partial charge in [-0.2, -0.15) is 10.2 Å². The molecule has 0 N–H and O–H groups in total. The van der Waals surface area contributed by atoms with Crippen LogP contribution in [0.1, 0.15) is 48.5 Å². The van der Waals surface area contributed by atoms with Crippen LogP contribution in [0.15, 0.2) is 10.2 Å². The van der Waals surface area contributed by atoms with Crippen LogP contribution in [0.2, 0.25) is 0 Å². The highest BCUT2D eigenvalue weighted by Crippen LogP contribution is 2.24. The lowest BCUT2D eigenvalue weighted by Crippen LogP contribution is -2.23. The first-order valence-electron chi connectivity index (χ1n) is 4.40. The zero-order chi connectivity index (χ0) is 9.99. The second-order valence-corrected chi connectivity index (χ2v) is 4.93. The smallest absolute Gasteiger partial charge is 0.0816 e. The van der Waals surface area contributed by atoms with Gasteiger partial charge in [0, 0.05) is 0 Å². The van der Waals surface area contributed by atoms with Crippen molar-refractivity contribution in [3.8, 4) is 0 Å². The Kier molecular flexibility index (Phi) is 3.43. The van der Waals surface area contributed by atoms with Crippen LogP contribution in [0.25, 0.3) is 0 Å². The Balaban J connectivity index is 4.34. The quantitative estimate of drug-likeness (QED) is 0.564. The Morgan fingerprint density at radius 1 is 0.833 bits per heavy atom. The molecule has 0 aliphatic carbocycles. The predicted molar refractivity (Wildman–Crippen MR) is 53.3 cm³/mol. The number of hydrogen-bond donors (Lipinski definition) is 0. The summed E-state index contributed by atoms with van der Waals surface area (Å²) in [5.74, 6) is 1.29. The molecule has 0 fully saturated rings. The molecule has 0 aliphatic heterocycles. The predicted octanol–water partition coefficient (Wildman–Crippen LogP) is 3.63. The molecule has 71 valence electrons. The first-order chi connectivity index (χ1) is 5.15. The van der Waals surface area contributed by atoms with Crippen molar-refractivity contribution in [2.75, 3.05) is 0 Å². The van der Waals surface area contributed by atoms with E-state index in [-0.39, 0.29) is 11.1 Å². The molecule has 0 amide bonds. The second kappa shape index (κ2) is 3.55. The molecule has 0 bridgehead atoms. The SMILES string of the molecule is C[C](C)C(C)(C)N=NC(C)(C)C. The summed E-state index contributed by atoms with van der Waals surface area (Å²) in [5.41, 5.74) is -0.181. The Labute approximate surface area is 76.5 Å². The van der Waals surface area contributed by atoms with Crippen molar-refractivity contribution in [3.63, 3.8) is 0 Å². The number of rotatable bonds is 2. The summed E-state index contributed by atoms with van der Waals surface area (Å²) in [7, 11) is 0. The van der Waals surface area contributed by atoms with E-state index in [0.29, 0.717) is 0 Å². The number of azo groups is 1. The molecular formula is C10H21N2. The van der Waals surface area contributed by atoms with Gasteiger partial charge in [-0.1, -0.05) is 13.8 Å². The van der Waals surface area contributed by atoms with Crippen LogP contribution in [0.4, 0.5) is 0 Å². The zero-order valence-electron chi connectivity index (χ0n) is 9.39. The van der Waals surface area contributed by atoms with Gasteiger partial charge in [0.1, 0.15) is 0 Å². The zero-order valence-corrected chi connectivity index (χ0v) is 9.39. The molecule has 12 heavy (non-hydrogen) atoms. The van der Waals surface area contributed by atoms with Crippen LogP contribution in [0, 0.1) is 5.92 Å². The van der Waals surface area contributed by atoms with E-state index in [9.17, 15) is 0 Å². The van der Waals surface area contributed by atoms with Crippen molar-refractivity contribution in [1.29, 1.82) is 0 Å². The van der Waals surface area contributed by atoms with Gasteiger partial charge in [-0.05, 0) is 40.5 Å². The monoisotopic (exact) mass is 169 g/mol. The molecule has 0 atom stereocenters. The lowest BCUT2D eigenvalue weighted by atomic mass is 9.92. The number of hydrogen-bond acceptors (Lipinski definition) is 2. The summed E-state index contributed by atoms with van der Waals surface area (Å²) >= 11 is 0. The molecule has 0 heterocycles. The summed E-state index contributed by atoms with van der Waals surface area (Å²) in [6.07, 6.45) is 0. The summed E-state index contributed by atoms with van der Waals surface area (Å²) in [6, 6.07) is 0. The van der Waals surface area contributed by atoms with Gasteiger partial charge in [0.15, 0.2) is 0 Å². The first kappa shape index (κ1) is 11.6. The molecule has 2 heteroatoms. The molecule has 0 unspecified atom stereocenters. The lowest BCUT2D eigenvalue weighted by Gasteiger charge is -2.23. The second-order valence-electron chi connectivity index (χ2n) is 4.93. The van der Waals surface area contributed by atoms with Crippen molar-refractivity contribution >= 4 is 0 Å². The van der Waals surface area contributed by atoms with E-state index in [2.05, 4.69) is 58.7 Å². The highest BCUT2D eigenvalue weighted by atomic mass is 15.2. The van der Waals surface area contributed by atoms with Gasteiger partial charge in [0.2, 0.25) is 0 Å². The van der Waals surface area contributed by atoms with Crippen LogP contribution >= 0.6 is 0 Å². The minimum Gasteiger partial charge on any atom is -0.188 e. The maximum absolute atomic E-state index is 4.31. The molecule has 0 spiro atoms. The van der Waals surface area contributed by atoms with Gasteiger partial charge in [-0.3, -0.25) is 0 Å². The lowest BCUT2D eigenvalue weighted by molar-refractivity contribution is 0.451. The van der Waals surface area contributed by atoms with E-state index in [0.717, 1.165) is 0 Å². The van der Waals surface area contributed by atoms with Gasteiger partial charge in [0.25, 0.3) is 0 Å². The normalized spacial score (nSPS) is 14.7. The van der Waals surface area contributed by atoms with Crippen molar-refractivity contribution in [3.05, 3.63) is 5.92 Å². The molecule has 0 aliphatic rings. The van der Waals surface area contributed by atoms with Gasteiger partial charge in [-0.15, -0.1) is 0 Å². The van der Waals surface area contributed by atoms with Crippen molar-refractivity contribution in [2.45, 2.75) is 59.5 Å². The highest BCUT2D eigenvalue weighted by molar-refractivity contribution is 5.01. The average molecular weight is 169 g/mol. The maximum atomic E-state index is 4.31. The van der Waals surface area contributed by atoms with E-state index in [1.165, 1.54) is 5.92 Å². The molecule has 0 saturated carbocycles. The highest BCUT2D eigenvalue weighted by Gasteiger charge is 2.22. The third-order valence-electron chi connectivity index (χ3n) is 1.82. The van der Waals surface area contributed by atoms with Crippen molar-refractivity contribution < 1.29 is 0 Å². The summed E-state index contributed by atoms with van der Waals surface area (Å²) in [4.78, 5) is 0. The van der Waals surface area contributed by atoms with Crippen LogP contribution in [0.3, 0.4) is 0 Å². The van der Waals surface area contributed by atoms with Crippen LogP contribution in [-0.4, -0.2) is 11.1 Å². The van der Waals surface area contributed by atoms with Gasteiger partial charge >= 0.3 is 0 Å². The standard InChI is InChI=1S/C10H21N2/c1-8(2)10(6,7)12-11-9(3,4)5/h1-7H3. The Morgan fingerprint density at radius 2 is 1.25 bits per heavy atom. The average Bonchev–Trinajstić information content (AvgIpc) is 1.82.